The summed E-state index contributed by atoms with van der Waals surface area (Å²) in [6.07, 6.45) is 1.98. The predicted octanol–water partition coefficient (Wildman–Crippen LogP) is 2.17. The third-order valence-electron chi connectivity index (χ3n) is 2.39. The van der Waals surface area contributed by atoms with Crippen LogP contribution in [0.4, 0.5) is 0 Å². The number of benzene rings is 1. The van der Waals surface area contributed by atoms with Crippen molar-refractivity contribution in [2.75, 3.05) is 13.2 Å². The molecule has 1 heterocycles. The van der Waals surface area contributed by atoms with Crippen LogP contribution in [0.5, 0.6) is 5.75 Å². The van der Waals surface area contributed by atoms with E-state index in [4.69, 9.17) is 9.47 Å². The van der Waals surface area contributed by atoms with E-state index in [2.05, 4.69) is 6.58 Å². The van der Waals surface area contributed by atoms with Crippen LogP contribution in [0.1, 0.15) is 17.4 Å². The first kappa shape index (κ1) is 10.2. The number of rotatable bonds is 3. The molecule has 2 rings (SSSR count). The Morgan fingerprint density at radius 1 is 1.40 bits per heavy atom. The molecular formula is C12H14O3. The quantitative estimate of drug-likeness (QED) is 0.770. The van der Waals surface area contributed by atoms with Crippen LogP contribution in [-0.4, -0.2) is 18.3 Å². The van der Waals surface area contributed by atoms with Crippen molar-refractivity contribution in [1.82, 2.24) is 0 Å². The van der Waals surface area contributed by atoms with Crippen LogP contribution in [-0.2, 0) is 15.9 Å². The average Bonchev–Trinajstić information content (AvgIpc) is 2.74. The number of aromatic hydroxyl groups is 1. The number of allylic oxidation sites excluding steroid dienone is 1. The second kappa shape index (κ2) is 4.47. The fourth-order valence-corrected chi connectivity index (χ4v) is 1.66. The number of phenolic OH excluding ortho intramolecular Hbond substituents is 1. The van der Waals surface area contributed by atoms with Gasteiger partial charge in [-0.1, -0.05) is 24.3 Å². The summed E-state index contributed by atoms with van der Waals surface area (Å²) in [5, 5.41) is 9.97. The number of hydrogen-bond acceptors (Lipinski definition) is 3. The first-order valence-corrected chi connectivity index (χ1v) is 4.98. The zero-order valence-electron chi connectivity index (χ0n) is 8.48. The van der Waals surface area contributed by atoms with Crippen molar-refractivity contribution in [2.24, 2.45) is 0 Å². The Morgan fingerprint density at radius 3 is 2.80 bits per heavy atom. The average molecular weight is 206 g/mol. The maximum absolute atomic E-state index is 9.97. The minimum absolute atomic E-state index is 0.254. The fraction of sp³-hybridized carbons (Fsp3) is 0.333. The van der Waals surface area contributed by atoms with Gasteiger partial charge in [0.15, 0.2) is 6.29 Å². The molecule has 0 spiro atoms. The van der Waals surface area contributed by atoms with Crippen molar-refractivity contribution < 1.29 is 14.6 Å². The summed E-state index contributed by atoms with van der Waals surface area (Å²) in [6, 6.07) is 5.58. The van der Waals surface area contributed by atoms with E-state index in [1.165, 1.54) is 0 Å². The van der Waals surface area contributed by atoms with Gasteiger partial charge in [0.25, 0.3) is 0 Å². The molecule has 0 amide bonds. The zero-order valence-corrected chi connectivity index (χ0v) is 8.48. The third-order valence-corrected chi connectivity index (χ3v) is 2.39. The molecule has 0 aromatic heterocycles. The molecular weight excluding hydrogens is 192 g/mol. The van der Waals surface area contributed by atoms with E-state index < -0.39 is 6.29 Å². The lowest BCUT2D eigenvalue weighted by Crippen LogP contribution is -1.99. The van der Waals surface area contributed by atoms with E-state index in [9.17, 15) is 5.11 Å². The van der Waals surface area contributed by atoms with Crippen molar-refractivity contribution >= 4 is 0 Å². The molecule has 1 fully saturated rings. The smallest absolute Gasteiger partial charge is 0.187 e. The highest BCUT2D eigenvalue weighted by Crippen LogP contribution is 2.33. The van der Waals surface area contributed by atoms with Crippen LogP contribution in [0.15, 0.2) is 30.9 Å². The molecule has 1 aliphatic heterocycles. The summed E-state index contributed by atoms with van der Waals surface area (Å²) < 4.78 is 10.7. The standard InChI is InChI=1S/C12H14O3/c1-2-4-9-5-3-6-10(11(9)13)12-14-7-8-15-12/h2-3,5-6,12-13H,1,4,7-8H2. The molecule has 1 aromatic carbocycles. The molecule has 1 aliphatic rings. The Balaban J connectivity index is 2.30. The second-order valence-electron chi connectivity index (χ2n) is 3.42. The van der Waals surface area contributed by atoms with Gasteiger partial charge in [-0.05, 0) is 12.0 Å². The van der Waals surface area contributed by atoms with E-state index in [1.54, 1.807) is 6.08 Å². The zero-order chi connectivity index (χ0) is 10.7. The van der Waals surface area contributed by atoms with Gasteiger partial charge >= 0.3 is 0 Å². The molecule has 0 unspecified atom stereocenters. The van der Waals surface area contributed by atoms with Gasteiger partial charge in [-0.15, -0.1) is 6.58 Å². The number of para-hydroxylation sites is 1. The van der Waals surface area contributed by atoms with E-state index in [-0.39, 0.29) is 5.75 Å². The van der Waals surface area contributed by atoms with Crippen molar-refractivity contribution in [2.45, 2.75) is 12.7 Å². The van der Waals surface area contributed by atoms with E-state index >= 15 is 0 Å². The van der Waals surface area contributed by atoms with Crippen LogP contribution >= 0.6 is 0 Å². The van der Waals surface area contributed by atoms with Gasteiger partial charge < -0.3 is 14.6 Å². The highest BCUT2D eigenvalue weighted by atomic mass is 16.7. The lowest BCUT2D eigenvalue weighted by atomic mass is 10.1. The summed E-state index contributed by atoms with van der Waals surface area (Å²) >= 11 is 0. The number of phenols is 1. The fourth-order valence-electron chi connectivity index (χ4n) is 1.66. The molecule has 3 nitrogen and oxygen atoms in total. The maximum Gasteiger partial charge on any atom is 0.187 e. The van der Waals surface area contributed by atoms with Crippen LogP contribution in [0.25, 0.3) is 0 Å². The van der Waals surface area contributed by atoms with Crippen LogP contribution in [0.3, 0.4) is 0 Å². The molecule has 3 heteroatoms. The lowest BCUT2D eigenvalue weighted by Gasteiger charge is -2.13. The second-order valence-corrected chi connectivity index (χ2v) is 3.42. The molecule has 0 aliphatic carbocycles. The summed E-state index contributed by atoms with van der Waals surface area (Å²) in [5.41, 5.74) is 1.55. The lowest BCUT2D eigenvalue weighted by molar-refractivity contribution is -0.0455. The summed E-state index contributed by atoms with van der Waals surface area (Å²) in [5.74, 6) is 0.254. The Morgan fingerprint density at radius 2 is 2.13 bits per heavy atom. The van der Waals surface area contributed by atoms with Crippen molar-refractivity contribution in [1.29, 1.82) is 0 Å². The highest BCUT2D eigenvalue weighted by Gasteiger charge is 2.22. The van der Waals surface area contributed by atoms with Crippen LogP contribution in [0, 0.1) is 0 Å². The van der Waals surface area contributed by atoms with Gasteiger partial charge in [0.2, 0.25) is 0 Å². The third kappa shape index (κ3) is 2.03. The van der Waals surface area contributed by atoms with Crippen LogP contribution < -0.4 is 0 Å². The maximum atomic E-state index is 9.97. The minimum Gasteiger partial charge on any atom is -0.507 e. The molecule has 0 radical (unpaired) electrons. The van der Waals surface area contributed by atoms with Crippen LogP contribution in [0.2, 0.25) is 0 Å². The van der Waals surface area contributed by atoms with Crippen molar-refractivity contribution in [3.8, 4) is 5.75 Å². The molecule has 0 bridgehead atoms. The SMILES string of the molecule is C=CCc1cccc(C2OCCO2)c1O. The summed E-state index contributed by atoms with van der Waals surface area (Å²) in [4.78, 5) is 0. The van der Waals surface area contributed by atoms with Gasteiger partial charge in [-0.2, -0.15) is 0 Å². The predicted molar refractivity (Wildman–Crippen MR) is 56.7 cm³/mol. The molecule has 1 aromatic rings. The van der Waals surface area contributed by atoms with Gasteiger partial charge in [-0.25, -0.2) is 0 Å². The molecule has 0 saturated carbocycles. The van der Waals surface area contributed by atoms with Gasteiger partial charge in [0.1, 0.15) is 5.75 Å². The first-order valence-electron chi connectivity index (χ1n) is 4.98. The normalized spacial score (nSPS) is 16.8. The Kier molecular flexibility index (Phi) is 3.04. The van der Waals surface area contributed by atoms with Gasteiger partial charge in [0, 0.05) is 5.56 Å². The topological polar surface area (TPSA) is 38.7 Å². The van der Waals surface area contributed by atoms with Gasteiger partial charge in [-0.3, -0.25) is 0 Å². The minimum atomic E-state index is -0.422. The summed E-state index contributed by atoms with van der Waals surface area (Å²) in [7, 11) is 0. The monoisotopic (exact) mass is 206 g/mol. The van der Waals surface area contributed by atoms with Gasteiger partial charge in [0.05, 0.1) is 13.2 Å². The van der Waals surface area contributed by atoms with Crippen molar-refractivity contribution in [3.05, 3.63) is 42.0 Å². The highest BCUT2D eigenvalue weighted by molar-refractivity contribution is 5.42. The van der Waals surface area contributed by atoms with E-state index in [0.717, 1.165) is 5.56 Å². The first-order chi connectivity index (χ1) is 7.33. The van der Waals surface area contributed by atoms with E-state index in [0.29, 0.717) is 25.2 Å². The Bertz CT molecular complexity index is 354. The summed E-state index contributed by atoms with van der Waals surface area (Å²) in [6.45, 7) is 4.81. The Labute approximate surface area is 88.9 Å². The molecule has 15 heavy (non-hydrogen) atoms. The molecule has 80 valence electrons. The molecule has 0 atom stereocenters. The molecule has 1 saturated heterocycles. The van der Waals surface area contributed by atoms with E-state index in [1.807, 2.05) is 18.2 Å². The Hall–Kier alpha value is -1.32. The number of hydrogen-bond donors (Lipinski definition) is 1. The van der Waals surface area contributed by atoms with Crippen molar-refractivity contribution in [3.63, 3.8) is 0 Å². The largest absolute Gasteiger partial charge is 0.507 e. The molecule has 1 N–H and O–H groups in total. The number of ether oxygens (including phenoxy) is 2.